The van der Waals surface area contributed by atoms with Crippen molar-refractivity contribution in [3.63, 3.8) is 0 Å². The van der Waals surface area contributed by atoms with Crippen molar-refractivity contribution in [1.29, 1.82) is 0 Å². The molecule has 7 heavy (non-hydrogen) atoms. The van der Waals surface area contributed by atoms with E-state index >= 15 is 0 Å². The highest BCUT2D eigenvalue weighted by Gasteiger charge is 1.45. The summed E-state index contributed by atoms with van der Waals surface area (Å²) in [5, 5.41) is 4.28. The third kappa shape index (κ3) is 10.7. The molecule has 0 fully saturated rings. The van der Waals surface area contributed by atoms with Gasteiger partial charge >= 0.3 is 0 Å². The first-order valence-corrected chi connectivity index (χ1v) is 4.50. The molecule has 2 N–H and O–H groups in total. The Kier molecular flexibility index (Phi) is 14.3. The predicted molar refractivity (Wildman–Crippen MR) is 45.1 cm³/mol. The molecule has 0 saturated heterocycles. The van der Waals surface area contributed by atoms with Gasteiger partial charge in [-0.3, -0.25) is 0 Å². The smallest absolute Gasteiger partial charge is 0.0409 e. The lowest BCUT2D eigenvalue weighted by atomic mass is 11.0. The fourth-order valence-electron chi connectivity index (χ4n) is 0.133. The Morgan fingerprint density at radius 2 is 1.29 bits per heavy atom. The Morgan fingerprint density at radius 3 is 1.43 bits per heavy atom. The summed E-state index contributed by atoms with van der Waals surface area (Å²) in [5.41, 5.74) is 0. The Morgan fingerprint density at radius 1 is 1.00 bits per heavy atom. The van der Waals surface area contributed by atoms with Crippen molar-refractivity contribution in [1.82, 2.24) is 0 Å². The van der Waals surface area contributed by atoms with Crippen molar-refractivity contribution in [3.05, 3.63) is 0 Å². The van der Waals surface area contributed by atoms with Gasteiger partial charge in [-0.2, -0.15) is 20.8 Å². The zero-order valence-electron chi connectivity index (χ0n) is 4.55. The summed E-state index contributed by atoms with van der Waals surface area (Å²) in [4.78, 5) is 0. The van der Waals surface area contributed by atoms with Gasteiger partial charge in [-0.15, -0.1) is 0 Å². The maximum absolute atomic E-state index is 2.14. The maximum Gasteiger partial charge on any atom is -0.0409 e. The van der Waals surface area contributed by atoms with E-state index < -0.39 is 0 Å². The number of rotatable bonds is 1. The lowest BCUT2D eigenvalue weighted by molar-refractivity contribution is 0.824. The third-order valence-corrected chi connectivity index (χ3v) is 2.68. The van der Waals surface area contributed by atoms with E-state index in [1.54, 1.807) is 0 Å². The fraction of sp³-hybridized carbons (Fsp3) is 0.500. The zero-order chi connectivity index (χ0) is 4.83. The average molecular weight is 140 g/mol. The topological polar surface area (TPSA) is 31.5 Å². The number of thiol groups is 2. The normalized spacial score (nSPS) is 12.3. The highest BCUT2D eigenvalue weighted by molar-refractivity contribution is 8.73. The lowest BCUT2D eigenvalue weighted by Gasteiger charge is -1.66. The zero-order valence-corrected chi connectivity index (χ0v) is 6.34. The molecular weight excluding hydrogens is 128 g/mol. The van der Waals surface area contributed by atoms with Crippen LogP contribution < -0.4 is 0 Å². The summed E-state index contributed by atoms with van der Waals surface area (Å²) >= 11 is 0. The van der Waals surface area contributed by atoms with Crippen LogP contribution in [-0.4, -0.2) is 16.2 Å². The molecule has 0 aliphatic rings. The van der Waals surface area contributed by atoms with Gasteiger partial charge in [0.1, 0.15) is 0 Å². The Bertz CT molecular complexity index is 58.1. The van der Waals surface area contributed by atoms with Gasteiger partial charge in [0.05, 0.1) is 0 Å². The summed E-state index contributed by atoms with van der Waals surface area (Å²) < 4.78 is 0. The van der Waals surface area contributed by atoms with Crippen molar-refractivity contribution in [2.45, 2.75) is 13.8 Å². The highest BCUT2D eigenvalue weighted by Crippen LogP contribution is 1.95. The van der Waals surface area contributed by atoms with E-state index in [1.807, 2.05) is 0 Å². The lowest BCUT2D eigenvalue weighted by Crippen LogP contribution is -1.40. The van der Waals surface area contributed by atoms with E-state index in [0.29, 0.717) is 0 Å². The minimum Gasteiger partial charge on any atom is -0.412 e. The summed E-state index contributed by atoms with van der Waals surface area (Å²) in [6.07, 6.45) is 0. The van der Waals surface area contributed by atoms with Crippen molar-refractivity contribution in [2.24, 2.45) is 0 Å². The first kappa shape index (κ1) is 10.4. The van der Waals surface area contributed by atoms with E-state index in [2.05, 4.69) is 24.6 Å². The number of hydrogen-bond acceptors (Lipinski definition) is 0. The molecule has 0 rings (SSSR count). The van der Waals surface area contributed by atoms with Crippen LogP contribution >= 0.6 is 20.8 Å². The second kappa shape index (κ2) is 9.64. The van der Waals surface area contributed by atoms with Crippen LogP contribution in [0.15, 0.2) is 0 Å². The summed E-state index contributed by atoms with van der Waals surface area (Å²) in [6.45, 7) is 4.14. The molecule has 0 radical (unpaired) electrons. The minimum atomic E-state index is 0. The molecule has 0 atom stereocenters. The van der Waals surface area contributed by atoms with Crippen LogP contribution in [0, 0.1) is 0 Å². The molecule has 0 unspecified atom stereocenters. The van der Waals surface area contributed by atoms with E-state index in [-0.39, 0.29) is 5.48 Å². The molecule has 3 heteroatoms. The van der Waals surface area contributed by atoms with Crippen LogP contribution in [0.4, 0.5) is 0 Å². The number of hydrogen-bond donors (Lipinski definition) is 2. The van der Waals surface area contributed by atoms with Gasteiger partial charge in [0.25, 0.3) is 0 Å². The van der Waals surface area contributed by atoms with Crippen molar-refractivity contribution >= 4 is 31.5 Å². The summed E-state index contributed by atoms with van der Waals surface area (Å²) in [5.74, 6) is 0. The van der Waals surface area contributed by atoms with Crippen molar-refractivity contribution in [3.8, 4) is 0 Å². The van der Waals surface area contributed by atoms with Gasteiger partial charge in [0.2, 0.25) is 0 Å². The summed E-state index contributed by atoms with van der Waals surface area (Å²) in [6, 6.07) is 0. The van der Waals surface area contributed by atoms with E-state index in [9.17, 15) is 0 Å². The molecule has 0 spiro atoms. The Labute approximate surface area is 51.4 Å². The van der Waals surface area contributed by atoms with Crippen LogP contribution in [-0.2, 0) is 0 Å². The highest BCUT2D eigenvalue weighted by atomic mass is 33.1. The third-order valence-electron chi connectivity index (χ3n) is 0.298. The van der Waals surface area contributed by atoms with Gasteiger partial charge in [-0.1, -0.05) is 10.7 Å². The van der Waals surface area contributed by atoms with E-state index in [1.165, 1.54) is 20.8 Å². The van der Waals surface area contributed by atoms with Crippen LogP contribution in [0.1, 0.15) is 13.8 Å². The Balaban J connectivity index is 0. The molecule has 0 bridgehead atoms. The SMILES string of the molecule is CC=[SH][SH]=CC.O. The first-order chi connectivity index (χ1) is 2.91. The molecule has 0 aromatic carbocycles. The quantitative estimate of drug-likeness (QED) is 0.304. The van der Waals surface area contributed by atoms with Crippen molar-refractivity contribution in [2.75, 3.05) is 0 Å². The molecule has 0 aliphatic carbocycles. The van der Waals surface area contributed by atoms with Gasteiger partial charge in [0.15, 0.2) is 0 Å². The fourth-order valence-corrected chi connectivity index (χ4v) is 1.20. The first-order valence-electron chi connectivity index (χ1n) is 1.87. The standard InChI is InChI=1S/C4H10S2.H2O/c1-3-5-6-4-2;/h3-6H,1-2H3;1H2. The van der Waals surface area contributed by atoms with E-state index in [4.69, 9.17) is 0 Å². The van der Waals surface area contributed by atoms with Crippen LogP contribution in [0.25, 0.3) is 0 Å². The average Bonchev–Trinajstić information content (AvgIpc) is 1.61. The largest absolute Gasteiger partial charge is 0.412 e. The minimum absolute atomic E-state index is 0. The molecule has 0 aliphatic heterocycles. The van der Waals surface area contributed by atoms with Crippen LogP contribution in [0.3, 0.4) is 0 Å². The van der Waals surface area contributed by atoms with Gasteiger partial charge < -0.3 is 5.48 Å². The van der Waals surface area contributed by atoms with Crippen molar-refractivity contribution < 1.29 is 5.48 Å². The van der Waals surface area contributed by atoms with Gasteiger partial charge in [-0.25, -0.2) is 0 Å². The molecular formula is C4H12OS2. The summed E-state index contributed by atoms with van der Waals surface area (Å²) in [7, 11) is 2.81. The molecule has 1 nitrogen and oxygen atoms in total. The second-order valence-electron chi connectivity index (χ2n) is 0.747. The van der Waals surface area contributed by atoms with Crippen LogP contribution in [0.5, 0.6) is 0 Å². The molecule has 0 aromatic rings. The van der Waals surface area contributed by atoms with Crippen LogP contribution in [0.2, 0.25) is 0 Å². The monoisotopic (exact) mass is 140 g/mol. The van der Waals surface area contributed by atoms with E-state index in [0.717, 1.165) is 0 Å². The predicted octanol–water partition coefficient (Wildman–Crippen LogP) is 0.652. The molecule has 46 valence electrons. The maximum atomic E-state index is 2.14. The Hall–Kier alpha value is 0.400. The molecule has 0 aromatic heterocycles. The molecule has 0 saturated carbocycles. The molecule has 0 amide bonds. The van der Waals surface area contributed by atoms with Gasteiger partial charge in [-0.05, 0) is 13.8 Å². The van der Waals surface area contributed by atoms with Gasteiger partial charge in [0, 0.05) is 0 Å². The molecule has 0 heterocycles. The second-order valence-corrected chi connectivity index (χ2v) is 3.63.